The van der Waals surface area contributed by atoms with Gasteiger partial charge in [0.1, 0.15) is 0 Å². The van der Waals surface area contributed by atoms with Gasteiger partial charge in [-0.2, -0.15) is 9.36 Å². The number of anilines is 2. The highest BCUT2D eigenvalue weighted by Gasteiger charge is 2.12. The Balaban J connectivity index is 2.40. The summed E-state index contributed by atoms with van der Waals surface area (Å²) >= 11 is 1.10. The normalized spacial score (nSPS) is 11.9. The zero-order valence-electron chi connectivity index (χ0n) is 8.47. The van der Waals surface area contributed by atoms with Gasteiger partial charge in [-0.25, -0.2) is 12.7 Å². The van der Waals surface area contributed by atoms with E-state index >= 15 is 0 Å². The third-order valence-corrected chi connectivity index (χ3v) is 4.15. The van der Waals surface area contributed by atoms with Crippen LogP contribution in [0.2, 0.25) is 0 Å². The van der Waals surface area contributed by atoms with E-state index in [1.165, 1.54) is 18.4 Å². The van der Waals surface area contributed by atoms with Gasteiger partial charge in [-0.05, 0) is 0 Å². The summed E-state index contributed by atoms with van der Waals surface area (Å²) in [4.78, 5) is 3.84. The molecule has 86 valence electrons. The van der Waals surface area contributed by atoms with Crippen molar-refractivity contribution >= 4 is 32.6 Å². The van der Waals surface area contributed by atoms with E-state index in [0.717, 1.165) is 11.5 Å². The standard InChI is InChI=1S/C6H13N5O2S2/c1-11(2)15(12,13)4-3-8-6-9-5(7)10-14-6/h3-4H2,1-2H3,(H3,7,8,9,10). The Morgan fingerprint density at radius 1 is 1.53 bits per heavy atom. The molecule has 0 unspecified atom stereocenters. The molecule has 0 amide bonds. The molecule has 3 N–H and O–H groups in total. The Labute approximate surface area is 92.5 Å². The van der Waals surface area contributed by atoms with E-state index < -0.39 is 10.0 Å². The first-order valence-electron chi connectivity index (χ1n) is 4.15. The summed E-state index contributed by atoms with van der Waals surface area (Å²) in [5.41, 5.74) is 5.31. The van der Waals surface area contributed by atoms with Gasteiger partial charge in [0.15, 0.2) is 0 Å². The minimum absolute atomic E-state index is 0.0134. The van der Waals surface area contributed by atoms with Crippen LogP contribution in [0.25, 0.3) is 0 Å². The monoisotopic (exact) mass is 251 g/mol. The van der Waals surface area contributed by atoms with E-state index in [2.05, 4.69) is 14.7 Å². The quantitative estimate of drug-likeness (QED) is 0.726. The summed E-state index contributed by atoms with van der Waals surface area (Å²) in [6, 6.07) is 0. The van der Waals surface area contributed by atoms with Crippen LogP contribution in [0.3, 0.4) is 0 Å². The zero-order valence-corrected chi connectivity index (χ0v) is 10.1. The van der Waals surface area contributed by atoms with Crippen molar-refractivity contribution in [1.29, 1.82) is 0 Å². The average molecular weight is 251 g/mol. The maximum absolute atomic E-state index is 11.4. The van der Waals surface area contributed by atoms with Crippen LogP contribution in [-0.4, -0.2) is 48.5 Å². The van der Waals surface area contributed by atoms with Crippen LogP contribution in [0.5, 0.6) is 0 Å². The number of hydrogen-bond donors (Lipinski definition) is 2. The van der Waals surface area contributed by atoms with Crippen LogP contribution in [0.4, 0.5) is 11.1 Å². The molecule has 0 aromatic carbocycles. The molecule has 1 heterocycles. The van der Waals surface area contributed by atoms with E-state index in [4.69, 9.17) is 5.73 Å². The second kappa shape index (κ2) is 4.73. The molecule has 0 saturated heterocycles. The van der Waals surface area contributed by atoms with Crippen molar-refractivity contribution in [2.24, 2.45) is 0 Å². The van der Waals surface area contributed by atoms with Gasteiger partial charge in [-0.3, -0.25) is 0 Å². The summed E-state index contributed by atoms with van der Waals surface area (Å²) in [6.45, 7) is 0.287. The highest BCUT2D eigenvalue weighted by molar-refractivity contribution is 7.89. The minimum atomic E-state index is -3.17. The molecule has 0 saturated carbocycles. The Bertz CT molecular complexity index is 413. The molecule has 0 bridgehead atoms. The molecule has 1 rings (SSSR count). The number of nitrogens with one attached hydrogen (secondary N) is 1. The molecule has 7 nitrogen and oxygen atoms in total. The van der Waals surface area contributed by atoms with E-state index in [-0.39, 0.29) is 18.2 Å². The van der Waals surface area contributed by atoms with Crippen LogP contribution in [0, 0.1) is 0 Å². The van der Waals surface area contributed by atoms with Gasteiger partial charge in [0.2, 0.25) is 21.1 Å². The maximum atomic E-state index is 11.4. The predicted molar refractivity (Wildman–Crippen MR) is 60.3 cm³/mol. The number of nitrogens with zero attached hydrogens (tertiary/aromatic N) is 3. The topological polar surface area (TPSA) is 101 Å². The molecule has 0 radical (unpaired) electrons. The number of sulfonamides is 1. The molecule has 0 aliphatic rings. The second-order valence-electron chi connectivity index (χ2n) is 2.98. The molecular weight excluding hydrogens is 238 g/mol. The van der Waals surface area contributed by atoms with Crippen molar-refractivity contribution in [3.63, 3.8) is 0 Å². The zero-order chi connectivity index (χ0) is 11.5. The molecule has 15 heavy (non-hydrogen) atoms. The lowest BCUT2D eigenvalue weighted by Gasteiger charge is -2.10. The molecule has 0 aliphatic carbocycles. The van der Waals surface area contributed by atoms with Crippen molar-refractivity contribution in [3.8, 4) is 0 Å². The van der Waals surface area contributed by atoms with Gasteiger partial charge in [-0.1, -0.05) is 0 Å². The van der Waals surface area contributed by atoms with Crippen LogP contribution in [0.1, 0.15) is 0 Å². The number of nitrogens with two attached hydrogens (primary N) is 1. The van der Waals surface area contributed by atoms with E-state index in [1.807, 2.05) is 0 Å². The minimum Gasteiger partial charge on any atom is -0.367 e. The molecule has 1 aromatic heterocycles. The Kier molecular flexibility index (Phi) is 3.83. The van der Waals surface area contributed by atoms with Crippen molar-refractivity contribution in [3.05, 3.63) is 0 Å². The lowest BCUT2D eigenvalue weighted by molar-refractivity contribution is 0.521. The first kappa shape index (κ1) is 12.1. The van der Waals surface area contributed by atoms with Crippen molar-refractivity contribution < 1.29 is 8.42 Å². The summed E-state index contributed by atoms with van der Waals surface area (Å²) in [5.74, 6) is 0.206. The first-order valence-corrected chi connectivity index (χ1v) is 6.53. The average Bonchev–Trinajstić information content (AvgIpc) is 2.51. The largest absolute Gasteiger partial charge is 0.367 e. The van der Waals surface area contributed by atoms with Gasteiger partial charge >= 0.3 is 0 Å². The molecule has 0 aliphatic heterocycles. The van der Waals surface area contributed by atoms with Crippen molar-refractivity contribution in [2.75, 3.05) is 37.4 Å². The first-order chi connectivity index (χ1) is 6.92. The number of rotatable bonds is 5. The molecular formula is C6H13N5O2S2. The second-order valence-corrected chi connectivity index (χ2v) is 6.04. The molecule has 9 heteroatoms. The fourth-order valence-corrected chi connectivity index (χ4v) is 2.02. The van der Waals surface area contributed by atoms with E-state index in [0.29, 0.717) is 5.13 Å². The Morgan fingerprint density at radius 2 is 2.20 bits per heavy atom. The summed E-state index contributed by atoms with van der Waals surface area (Å²) < 4.78 is 27.6. The van der Waals surface area contributed by atoms with Gasteiger partial charge in [0.05, 0.1) is 5.75 Å². The number of aromatic nitrogens is 2. The highest BCUT2D eigenvalue weighted by Crippen LogP contribution is 2.11. The van der Waals surface area contributed by atoms with Gasteiger partial charge < -0.3 is 11.1 Å². The summed E-state index contributed by atoms with van der Waals surface area (Å²) in [7, 11) is -0.169. The van der Waals surface area contributed by atoms with Crippen LogP contribution in [-0.2, 0) is 10.0 Å². The lowest BCUT2D eigenvalue weighted by Crippen LogP contribution is -2.28. The highest BCUT2D eigenvalue weighted by atomic mass is 32.2. The molecule has 0 atom stereocenters. The fraction of sp³-hybridized carbons (Fsp3) is 0.667. The third-order valence-electron chi connectivity index (χ3n) is 1.63. The van der Waals surface area contributed by atoms with Gasteiger partial charge in [0, 0.05) is 32.2 Å². The molecule has 1 aromatic rings. The van der Waals surface area contributed by atoms with E-state index in [1.54, 1.807) is 0 Å². The summed E-state index contributed by atoms with van der Waals surface area (Å²) in [6.07, 6.45) is 0. The Hall–Kier alpha value is -0.930. The SMILES string of the molecule is CN(C)S(=O)(=O)CCNc1nc(N)ns1. The molecule has 0 fully saturated rings. The van der Waals surface area contributed by atoms with Crippen molar-refractivity contribution in [2.45, 2.75) is 0 Å². The third kappa shape index (κ3) is 3.61. The van der Waals surface area contributed by atoms with Crippen molar-refractivity contribution in [1.82, 2.24) is 13.7 Å². The summed E-state index contributed by atoms with van der Waals surface area (Å²) in [5, 5.41) is 3.36. The molecule has 0 spiro atoms. The Morgan fingerprint density at radius 3 is 2.67 bits per heavy atom. The number of nitrogen functional groups attached to an aromatic ring is 1. The van der Waals surface area contributed by atoms with Crippen LogP contribution in [0.15, 0.2) is 0 Å². The van der Waals surface area contributed by atoms with Gasteiger partial charge in [-0.15, -0.1) is 0 Å². The smallest absolute Gasteiger partial charge is 0.233 e. The predicted octanol–water partition coefficient (Wildman–Crippen LogP) is -0.576. The van der Waals surface area contributed by atoms with E-state index in [9.17, 15) is 8.42 Å². The maximum Gasteiger partial charge on any atom is 0.233 e. The van der Waals surface area contributed by atoms with Crippen LogP contribution < -0.4 is 11.1 Å². The van der Waals surface area contributed by atoms with Crippen LogP contribution >= 0.6 is 11.5 Å². The number of hydrogen-bond acceptors (Lipinski definition) is 7. The fourth-order valence-electron chi connectivity index (χ4n) is 0.776. The lowest BCUT2D eigenvalue weighted by atomic mass is 10.7. The van der Waals surface area contributed by atoms with Gasteiger partial charge in [0.25, 0.3) is 0 Å².